The summed E-state index contributed by atoms with van der Waals surface area (Å²) in [6, 6.07) is 0. The van der Waals surface area contributed by atoms with E-state index in [0.717, 1.165) is 30.6 Å². The highest BCUT2D eigenvalue weighted by molar-refractivity contribution is 7.10. The van der Waals surface area contributed by atoms with E-state index in [1.807, 2.05) is 20.8 Å². The Labute approximate surface area is 169 Å². The van der Waals surface area contributed by atoms with Crippen LogP contribution in [0.2, 0.25) is 0 Å². The van der Waals surface area contributed by atoms with Gasteiger partial charge in [0.05, 0.1) is 11.1 Å². The second-order valence-electron chi connectivity index (χ2n) is 8.49. The molecule has 2 aliphatic heterocycles. The maximum Gasteiger partial charge on any atom is 0.410 e. The van der Waals surface area contributed by atoms with Crippen LogP contribution in [0.15, 0.2) is 5.38 Å². The first-order valence-electron chi connectivity index (χ1n) is 9.76. The lowest BCUT2D eigenvalue weighted by atomic mass is 9.93. The van der Waals surface area contributed by atoms with Gasteiger partial charge in [-0.05, 0) is 46.0 Å². The zero-order valence-electron chi connectivity index (χ0n) is 16.7. The first kappa shape index (κ1) is 20.6. The van der Waals surface area contributed by atoms with Gasteiger partial charge < -0.3 is 19.6 Å². The molecule has 154 valence electrons. The van der Waals surface area contributed by atoms with E-state index in [1.54, 1.807) is 15.2 Å². The highest BCUT2D eigenvalue weighted by Gasteiger charge is 2.32. The number of hydrogen-bond acceptors (Lipinski definition) is 5. The lowest BCUT2D eigenvalue weighted by molar-refractivity contribution is 0.0178. The Kier molecular flexibility index (Phi) is 5.98. The molecule has 0 atom stereocenters. The third-order valence-electron chi connectivity index (χ3n) is 5.28. The molecule has 28 heavy (non-hydrogen) atoms. The minimum Gasteiger partial charge on any atom is -0.478 e. The van der Waals surface area contributed by atoms with Gasteiger partial charge in [0.2, 0.25) is 0 Å². The monoisotopic (exact) mass is 408 g/mol. The van der Waals surface area contributed by atoms with Crippen molar-refractivity contribution in [2.75, 3.05) is 26.2 Å². The predicted octanol–water partition coefficient (Wildman–Crippen LogP) is 3.48. The summed E-state index contributed by atoms with van der Waals surface area (Å²) >= 11 is 1.36. The number of rotatable bonds is 4. The molecule has 2 aliphatic rings. The van der Waals surface area contributed by atoms with E-state index in [1.165, 1.54) is 11.3 Å². The lowest BCUT2D eigenvalue weighted by Gasteiger charge is -2.34. The average molecular weight is 409 g/mol. The molecule has 3 heterocycles. The smallest absolute Gasteiger partial charge is 0.410 e. The highest BCUT2D eigenvalue weighted by Crippen LogP contribution is 2.30. The number of amides is 2. The standard InChI is InChI=1S/C20H28N2O5S/c1-20(2,3)27-19(26)22-9-5-13(6-10-22)4-8-21-11-7-15-16(17(21)23)14(12-28-15)18(24)25/h12-13H,4-11H2,1-3H3,(H,24,25). The molecular weight excluding hydrogens is 380 g/mol. The fourth-order valence-electron chi connectivity index (χ4n) is 3.75. The molecule has 0 aromatic carbocycles. The largest absolute Gasteiger partial charge is 0.478 e. The SMILES string of the molecule is CC(C)(C)OC(=O)N1CCC(CCN2CCc3scc(C(=O)O)c3C2=O)CC1. The molecule has 0 unspecified atom stereocenters. The maximum atomic E-state index is 12.7. The van der Waals surface area contributed by atoms with Crippen molar-refractivity contribution in [3.63, 3.8) is 0 Å². The first-order chi connectivity index (χ1) is 13.2. The molecule has 1 N–H and O–H groups in total. The van der Waals surface area contributed by atoms with Crippen LogP contribution >= 0.6 is 11.3 Å². The molecule has 0 aliphatic carbocycles. The number of thiophene rings is 1. The second kappa shape index (κ2) is 8.11. The Morgan fingerprint density at radius 2 is 1.93 bits per heavy atom. The summed E-state index contributed by atoms with van der Waals surface area (Å²) in [5, 5.41) is 10.9. The van der Waals surface area contributed by atoms with Crippen molar-refractivity contribution in [3.8, 4) is 0 Å². The van der Waals surface area contributed by atoms with Crippen LogP contribution in [0.5, 0.6) is 0 Å². The van der Waals surface area contributed by atoms with E-state index >= 15 is 0 Å². The molecule has 0 spiro atoms. The van der Waals surface area contributed by atoms with Gasteiger partial charge in [0.25, 0.3) is 5.91 Å². The van der Waals surface area contributed by atoms with Crippen molar-refractivity contribution < 1.29 is 24.2 Å². The number of carbonyl (C=O) groups is 3. The summed E-state index contributed by atoms with van der Waals surface area (Å²) in [4.78, 5) is 40.7. The molecule has 1 saturated heterocycles. The van der Waals surface area contributed by atoms with Crippen LogP contribution in [-0.2, 0) is 11.2 Å². The number of carboxylic acid groups (broad SMARTS) is 1. The minimum atomic E-state index is -1.04. The normalized spacial score (nSPS) is 18.2. The van der Waals surface area contributed by atoms with Crippen LogP contribution in [0, 0.1) is 5.92 Å². The molecule has 1 fully saturated rings. The number of piperidine rings is 1. The summed E-state index contributed by atoms with van der Waals surface area (Å²) in [5.41, 5.74) is 0.0154. The summed E-state index contributed by atoms with van der Waals surface area (Å²) in [6.07, 6.45) is 3.12. The van der Waals surface area contributed by atoms with E-state index in [4.69, 9.17) is 4.74 Å². The van der Waals surface area contributed by atoms with E-state index in [-0.39, 0.29) is 17.6 Å². The van der Waals surface area contributed by atoms with Gasteiger partial charge in [-0.2, -0.15) is 0 Å². The van der Waals surface area contributed by atoms with Gasteiger partial charge in [0.15, 0.2) is 0 Å². The molecule has 7 nitrogen and oxygen atoms in total. The van der Waals surface area contributed by atoms with E-state index in [0.29, 0.717) is 37.7 Å². The topological polar surface area (TPSA) is 87.2 Å². The molecule has 8 heteroatoms. The van der Waals surface area contributed by atoms with E-state index < -0.39 is 11.6 Å². The number of carboxylic acids is 1. The Bertz CT molecular complexity index is 759. The summed E-state index contributed by atoms with van der Waals surface area (Å²) < 4.78 is 5.42. The highest BCUT2D eigenvalue weighted by atomic mass is 32.1. The van der Waals surface area contributed by atoms with Crippen molar-refractivity contribution in [2.24, 2.45) is 5.92 Å². The molecule has 3 rings (SSSR count). The first-order valence-corrected chi connectivity index (χ1v) is 10.6. The third-order valence-corrected chi connectivity index (χ3v) is 6.33. The van der Waals surface area contributed by atoms with Gasteiger partial charge in [-0.1, -0.05) is 0 Å². The van der Waals surface area contributed by atoms with Crippen molar-refractivity contribution in [3.05, 3.63) is 21.4 Å². The molecular formula is C20H28N2O5S. The van der Waals surface area contributed by atoms with Crippen molar-refractivity contribution >= 4 is 29.3 Å². The molecule has 0 saturated carbocycles. The Hall–Kier alpha value is -2.09. The number of likely N-dealkylation sites (tertiary alicyclic amines) is 1. The maximum absolute atomic E-state index is 12.7. The van der Waals surface area contributed by atoms with Crippen molar-refractivity contribution in [2.45, 2.75) is 52.1 Å². The van der Waals surface area contributed by atoms with Crippen LogP contribution < -0.4 is 0 Å². The fraction of sp³-hybridized carbons (Fsp3) is 0.650. The quantitative estimate of drug-likeness (QED) is 0.824. The van der Waals surface area contributed by atoms with Gasteiger partial charge in [-0.3, -0.25) is 4.79 Å². The number of aromatic carboxylic acids is 1. The molecule has 1 aromatic heterocycles. The molecule has 0 bridgehead atoms. The summed E-state index contributed by atoms with van der Waals surface area (Å²) in [7, 11) is 0. The molecule has 1 aromatic rings. The summed E-state index contributed by atoms with van der Waals surface area (Å²) in [6.45, 7) is 8.20. The Morgan fingerprint density at radius 3 is 2.54 bits per heavy atom. The number of nitrogens with zero attached hydrogens (tertiary/aromatic N) is 2. The van der Waals surface area contributed by atoms with Crippen molar-refractivity contribution in [1.82, 2.24) is 9.80 Å². The van der Waals surface area contributed by atoms with Gasteiger partial charge in [-0.15, -0.1) is 11.3 Å². The van der Waals surface area contributed by atoms with Gasteiger partial charge in [0, 0.05) is 42.9 Å². The zero-order chi connectivity index (χ0) is 20.5. The molecule has 0 radical (unpaired) electrons. The average Bonchev–Trinajstić information content (AvgIpc) is 3.05. The Balaban J connectivity index is 1.50. The zero-order valence-corrected chi connectivity index (χ0v) is 17.5. The van der Waals surface area contributed by atoms with Crippen LogP contribution in [0.3, 0.4) is 0 Å². The molecule has 2 amide bonds. The van der Waals surface area contributed by atoms with Gasteiger partial charge in [0.1, 0.15) is 5.60 Å². The number of ether oxygens (including phenoxy) is 1. The lowest BCUT2D eigenvalue weighted by Crippen LogP contribution is -2.43. The predicted molar refractivity (Wildman–Crippen MR) is 106 cm³/mol. The van der Waals surface area contributed by atoms with Crippen LogP contribution in [0.25, 0.3) is 0 Å². The third kappa shape index (κ3) is 4.66. The van der Waals surface area contributed by atoms with Gasteiger partial charge in [-0.25, -0.2) is 9.59 Å². The van der Waals surface area contributed by atoms with Crippen LogP contribution in [0.1, 0.15) is 65.6 Å². The second-order valence-corrected chi connectivity index (χ2v) is 9.46. The van der Waals surface area contributed by atoms with Crippen LogP contribution in [-0.4, -0.2) is 64.7 Å². The number of carbonyl (C=O) groups excluding carboxylic acids is 2. The Morgan fingerprint density at radius 1 is 1.25 bits per heavy atom. The number of fused-ring (bicyclic) bond motifs is 1. The van der Waals surface area contributed by atoms with E-state index in [2.05, 4.69) is 0 Å². The van der Waals surface area contributed by atoms with Crippen molar-refractivity contribution in [1.29, 1.82) is 0 Å². The fourth-order valence-corrected chi connectivity index (χ4v) is 4.76. The van der Waals surface area contributed by atoms with E-state index in [9.17, 15) is 19.5 Å². The minimum absolute atomic E-state index is 0.125. The number of hydrogen-bond donors (Lipinski definition) is 1. The van der Waals surface area contributed by atoms with Crippen LogP contribution in [0.4, 0.5) is 4.79 Å². The van der Waals surface area contributed by atoms with Gasteiger partial charge >= 0.3 is 12.1 Å². The summed E-state index contributed by atoms with van der Waals surface area (Å²) in [5.74, 6) is -0.748.